The zero-order valence-electron chi connectivity index (χ0n) is 9.43. The summed E-state index contributed by atoms with van der Waals surface area (Å²) in [5.74, 6) is 0.663. The van der Waals surface area contributed by atoms with E-state index in [1.807, 2.05) is 0 Å². The second-order valence-corrected chi connectivity index (χ2v) is 2.71. The van der Waals surface area contributed by atoms with Crippen molar-refractivity contribution in [1.82, 2.24) is 0 Å². The molecule has 0 radical (unpaired) electrons. The molecule has 0 aliphatic heterocycles. The summed E-state index contributed by atoms with van der Waals surface area (Å²) in [5, 5.41) is 10.4. The van der Waals surface area contributed by atoms with E-state index in [2.05, 4.69) is 13.2 Å². The Morgan fingerprint density at radius 1 is 1.50 bits per heavy atom. The van der Waals surface area contributed by atoms with Gasteiger partial charge in [0.15, 0.2) is 11.5 Å². The molecule has 0 saturated carbocycles. The second kappa shape index (κ2) is 7.28. The number of ether oxygens (including phenoxy) is 2. The zero-order chi connectivity index (χ0) is 12.6. The average molecular weight is 225 g/mol. The standard InChI is InChI=1S/C11H15NO4/c1-5-7-16-11(10(6-2)15-4)8-9(3)12(13)14/h5-6,8H,1,3,7H2,2,4H3/b10-6+,11-8+. The SMILES string of the molecule is C=CCOC(=C/C(=C)[N+](=O)[O-])/C(=C\C)OC. The van der Waals surface area contributed by atoms with Crippen LogP contribution in [0.4, 0.5) is 0 Å². The van der Waals surface area contributed by atoms with Gasteiger partial charge in [0.05, 0.1) is 18.1 Å². The Bertz CT molecular complexity index is 342. The Morgan fingerprint density at radius 2 is 2.12 bits per heavy atom. The van der Waals surface area contributed by atoms with E-state index >= 15 is 0 Å². The van der Waals surface area contributed by atoms with Crippen LogP contribution in [0.25, 0.3) is 0 Å². The molecule has 0 saturated heterocycles. The van der Waals surface area contributed by atoms with Crippen LogP contribution >= 0.6 is 0 Å². The minimum atomic E-state index is -0.597. The van der Waals surface area contributed by atoms with Crippen molar-refractivity contribution in [3.05, 3.63) is 58.7 Å². The fourth-order valence-electron chi connectivity index (χ4n) is 0.897. The number of nitro groups is 1. The fraction of sp³-hybridized carbons (Fsp3) is 0.273. The highest BCUT2D eigenvalue weighted by Crippen LogP contribution is 2.14. The lowest BCUT2D eigenvalue weighted by molar-refractivity contribution is -0.418. The number of allylic oxidation sites excluding steroid dienone is 2. The van der Waals surface area contributed by atoms with Gasteiger partial charge in [0, 0.05) is 0 Å². The first-order chi connectivity index (χ1) is 7.56. The molecule has 0 aliphatic carbocycles. The van der Waals surface area contributed by atoms with Gasteiger partial charge in [-0.3, -0.25) is 10.1 Å². The summed E-state index contributed by atoms with van der Waals surface area (Å²) >= 11 is 0. The van der Waals surface area contributed by atoms with Gasteiger partial charge in [-0.1, -0.05) is 12.7 Å². The van der Waals surface area contributed by atoms with Crippen LogP contribution in [0.15, 0.2) is 48.6 Å². The number of nitrogens with zero attached hydrogens (tertiary/aromatic N) is 1. The monoisotopic (exact) mass is 225 g/mol. The van der Waals surface area contributed by atoms with E-state index in [1.54, 1.807) is 13.0 Å². The van der Waals surface area contributed by atoms with E-state index < -0.39 is 4.92 Å². The number of hydrogen-bond donors (Lipinski definition) is 0. The molecule has 0 spiro atoms. The summed E-state index contributed by atoms with van der Waals surface area (Å²) in [7, 11) is 1.45. The average Bonchev–Trinajstić information content (AvgIpc) is 2.26. The Hall–Kier alpha value is -2.04. The van der Waals surface area contributed by atoms with Crippen LogP contribution in [-0.4, -0.2) is 18.6 Å². The highest BCUT2D eigenvalue weighted by Gasteiger charge is 2.11. The van der Waals surface area contributed by atoms with E-state index in [9.17, 15) is 10.1 Å². The minimum Gasteiger partial charge on any atom is -0.493 e. The molecule has 0 fully saturated rings. The van der Waals surface area contributed by atoms with E-state index in [-0.39, 0.29) is 18.1 Å². The van der Waals surface area contributed by atoms with Crippen LogP contribution in [0.5, 0.6) is 0 Å². The van der Waals surface area contributed by atoms with Gasteiger partial charge >= 0.3 is 0 Å². The first-order valence-electron chi connectivity index (χ1n) is 4.56. The molecule has 16 heavy (non-hydrogen) atoms. The molecule has 0 unspecified atom stereocenters. The van der Waals surface area contributed by atoms with Gasteiger partial charge in [-0.05, 0) is 19.6 Å². The maximum absolute atomic E-state index is 10.4. The van der Waals surface area contributed by atoms with Gasteiger partial charge in [-0.15, -0.1) is 0 Å². The third-order valence-electron chi connectivity index (χ3n) is 1.61. The van der Waals surface area contributed by atoms with E-state index in [4.69, 9.17) is 9.47 Å². The van der Waals surface area contributed by atoms with Crippen LogP contribution in [0.2, 0.25) is 0 Å². The van der Waals surface area contributed by atoms with Crippen molar-refractivity contribution < 1.29 is 14.4 Å². The predicted molar refractivity (Wildman–Crippen MR) is 61.1 cm³/mol. The van der Waals surface area contributed by atoms with Gasteiger partial charge < -0.3 is 9.47 Å². The minimum absolute atomic E-state index is 0.234. The third kappa shape index (κ3) is 4.45. The first-order valence-corrected chi connectivity index (χ1v) is 4.56. The second-order valence-electron chi connectivity index (χ2n) is 2.71. The van der Waals surface area contributed by atoms with Gasteiger partial charge in [-0.25, -0.2) is 0 Å². The van der Waals surface area contributed by atoms with E-state index in [0.29, 0.717) is 5.76 Å². The van der Waals surface area contributed by atoms with Crippen LogP contribution in [0.3, 0.4) is 0 Å². The molecule has 0 aromatic heterocycles. The molecule has 5 nitrogen and oxygen atoms in total. The summed E-state index contributed by atoms with van der Waals surface area (Å²) in [4.78, 5) is 9.84. The molecule has 5 heteroatoms. The van der Waals surface area contributed by atoms with Crippen LogP contribution in [0.1, 0.15) is 6.92 Å². The highest BCUT2D eigenvalue weighted by molar-refractivity contribution is 5.25. The molecule has 88 valence electrons. The predicted octanol–water partition coefficient (Wildman–Crippen LogP) is 2.41. The van der Waals surface area contributed by atoms with Gasteiger partial charge in [0.25, 0.3) is 5.70 Å². The third-order valence-corrected chi connectivity index (χ3v) is 1.61. The molecule has 0 atom stereocenters. The molecule has 0 amide bonds. The van der Waals surface area contributed by atoms with Crippen molar-refractivity contribution >= 4 is 0 Å². The zero-order valence-corrected chi connectivity index (χ0v) is 9.43. The van der Waals surface area contributed by atoms with Crippen molar-refractivity contribution in [3.8, 4) is 0 Å². The fourth-order valence-corrected chi connectivity index (χ4v) is 0.897. The quantitative estimate of drug-likeness (QED) is 0.219. The first kappa shape index (κ1) is 14.0. The van der Waals surface area contributed by atoms with Crippen molar-refractivity contribution in [2.45, 2.75) is 6.92 Å². The van der Waals surface area contributed by atoms with Crippen LogP contribution < -0.4 is 0 Å². The maximum atomic E-state index is 10.4. The van der Waals surface area contributed by atoms with Crippen molar-refractivity contribution in [2.75, 3.05) is 13.7 Å². The van der Waals surface area contributed by atoms with E-state index in [1.165, 1.54) is 19.3 Å². The van der Waals surface area contributed by atoms with Crippen molar-refractivity contribution in [3.63, 3.8) is 0 Å². The molecular formula is C11H15NO4. The highest BCUT2D eigenvalue weighted by atomic mass is 16.6. The number of methoxy groups -OCH3 is 1. The number of rotatable bonds is 7. The van der Waals surface area contributed by atoms with Crippen LogP contribution in [0, 0.1) is 10.1 Å². The smallest absolute Gasteiger partial charge is 0.266 e. The van der Waals surface area contributed by atoms with Gasteiger partial charge in [0.2, 0.25) is 0 Å². The van der Waals surface area contributed by atoms with Gasteiger partial charge in [0.1, 0.15) is 6.61 Å². The van der Waals surface area contributed by atoms with Crippen molar-refractivity contribution in [2.24, 2.45) is 0 Å². The van der Waals surface area contributed by atoms with E-state index in [0.717, 1.165) is 0 Å². The Labute approximate surface area is 94.5 Å². The summed E-state index contributed by atoms with van der Waals surface area (Å²) in [6.07, 6.45) is 4.39. The summed E-state index contributed by atoms with van der Waals surface area (Å²) in [5.41, 5.74) is -0.268. The largest absolute Gasteiger partial charge is 0.493 e. The molecule has 0 aromatic rings. The maximum Gasteiger partial charge on any atom is 0.266 e. The lowest BCUT2D eigenvalue weighted by Gasteiger charge is -2.10. The molecule has 0 heterocycles. The molecule has 0 rings (SSSR count). The number of hydrogen-bond acceptors (Lipinski definition) is 4. The summed E-state index contributed by atoms with van der Waals surface area (Å²) in [6, 6.07) is 0. The molecule has 0 aromatic carbocycles. The normalized spacial score (nSPS) is 11.9. The lowest BCUT2D eigenvalue weighted by atomic mass is 10.3. The molecule has 0 N–H and O–H groups in total. The van der Waals surface area contributed by atoms with Crippen molar-refractivity contribution in [1.29, 1.82) is 0 Å². The Morgan fingerprint density at radius 3 is 2.50 bits per heavy atom. The summed E-state index contributed by atoms with van der Waals surface area (Å²) in [6.45, 7) is 8.75. The van der Waals surface area contributed by atoms with Crippen LogP contribution in [-0.2, 0) is 9.47 Å². The molecule has 0 aliphatic rings. The molecular weight excluding hydrogens is 210 g/mol. The molecule has 0 bridgehead atoms. The Balaban J connectivity index is 4.99. The topological polar surface area (TPSA) is 61.6 Å². The summed E-state index contributed by atoms with van der Waals surface area (Å²) < 4.78 is 10.2. The Kier molecular flexibility index (Phi) is 6.35. The van der Waals surface area contributed by atoms with Gasteiger partial charge in [-0.2, -0.15) is 0 Å². The lowest BCUT2D eigenvalue weighted by Crippen LogP contribution is -2.02.